The van der Waals surface area contributed by atoms with Gasteiger partial charge in [-0.15, -0.1) is 11.3 Å². The van der Waals surface area contributed by atoms with Crippen molar-refractivity contribution in [3.05, 3.63) is 20.8 Å². The van der Waals surface area contributed by atoms with Crippen molar-refractivity contribution in [2.24, 2.45) is 5.92 Å². The standard InChI is InChI=1S/C14H19BrO3S/c15-12-2-1-11(19-12)13(16)10-3-6-18-14(9-10)4-7-17-8-5-14/h1-2,10,13,16H,3-9H2. The summed E-state index contributed by atoms with van der Waals surface area (Å²) in [6.07, 6.45) is 3.46. The van der Waals surface area contributed by atoms with Crippen molar-refractivity contribution in [1.29, 1.82) is 0 Å². The maximum absolute atomic E-state index is 10.6. The summed E-state index contributed by atoms with van der Waals surface area (Å²) in [7, 11) is 0. The van der Waals surface area contributed by atoms with Gasteiger partial charge in [0.05, 0.1) is 15.5 Å². The molecule has 3 nitrogen and oxygen atoms in total. The molecule has 1 N–H and O–H groups in total. The quantitative estimate of drug-likeness (QED) is 0.890. The maximum atomic E-state index is 10.6. The Morgan fingerprint density at radius 2 is 2.11 bits per heavy atom. The van der Waals surface area contributed by atoms with Crippen LogP contribution in [0.25, 0.3) is 0 Å². The predicted molar refractivity (Wildman–Crippen MR) is 78.4 cm³/mol. The van der Waals surface area contributed by atoms with E-state index < -0.39 is 0 Å². The normalized spacial score (nSPS) is 28.4. The van der Waals surface area contributed by atoms with Gasteiger partial charge in [-0.2, -0.15) is 0 Å². The SMILES string of the molecule is OC(c1ccc(Br)s1)C1CCOC2(CCOCC2)C1. The largest absolute Gasteiger partial charge is 0.387 e. The Kier molecular flexibility index (Phi) is 4.29. The van der Waals surface area contributed by atoms with Crippen LogP contribution in [-0.4, -0.2) is 30.5 Å². The minimum Gasteiger partial charge on any atom is -0.387 e. The number of aliphatic hydroxyl groups excluding tert-OH is 1. The zero-order chi connectivity index (χ0) is 13.3. The predicted octanol–water partition coefficient (Wildman–Crippen LogP) is 3.52. The zero-order valence-electron chi connectivity index (χ0n) is 10.8. The van der Waals surface area contributed by atoms with Gasteiger partial charge in [0.2, 0.25) is 0 Å². The summed E-state index contributed by atoms with van der Waals surface area (Å²) in [5.74, 6) is 0.303. The Labute approximate surface area is 126 Å². The summed E-state index contributed by atoms with van der Waals surface area (Å²) in [5.41, 5.74) is -0.0450. The minimum absolute atomic E-state index is 0.0450. The van der Waals surface area contributed by atoms with E-state index in [9.17, 15) is 5.11 Å². The molecule has 106 valence electrons. The maximum Gasteiger partial charge on any atom is 0.0912 e. The van der Waals surface area contributed by atoms with Gasteiger partial charge in [0.1, 0.15) is 0 Å². The molecular weight excluding hydrogens is 328 g/mol. The monoisotopic (exact) mass is 346 g/mol. The van der Waals surface area contributed by atoms with Gasteiger partial charge in [0.25, 0.3) is 0 Å². The third-order valence-corrected chi connectivity index (χ3v) is 5.96. The van der Waals surface area contributed by atoms with E-state index in [1.54, 1.807) is 11.3 Å². The molecule has 0 radical (unpaired) electrons. The summed E-state index contributed by atoms with van der Waals surface area (Å²) < 4.78 is 12.5. The molecule has 19 heavy (non-hydrogen) atoms. The molecule has 2 fully saturated rings. The van der Waals surface area contributed by atoms with Crippen molar-refractivity contribution in [3.8, 4) is 0 Å². The van der Waals surface area contributed by atoms with Crippen LogP contribution in [0, 0.1) is 5.92 Å². The molecule has 2 saturated heterocycles. The first-order chi connectivity index (χ1) is 9.19. The molecule has 2 aliphatic heterocycles. The summed E-state index contributed by atoms with van der Waals surface area (Å²) in [4.78, 5) is 1.06. The number of thiophene rings is 1. The molecule has 5 heteroatoms. The van der Waals surface area contributed by atoms with E-state index in [4.69, 9.17) is 9.47 Å². The zero-order valence-corrected chi connectivity index (χ0v) is 13.2. The van der Waals surface area contributed by atoms with Crippen LogP contribution in [0.5, 0.6) is 0 Å². The highest BCUT2D eigenvalue weighted by atomic mass is 79.9. The van der Waals surface area contributed by atoms with Crippen LogP contribution >= 0.6 is 27.3 Å². The van der Waals surface area contributed by atoms with Crippen molar-refractivity contribution in [3.63, 3.8) is 0 Å². The molecule has 1 aromatic heterocycles. The summed E-state index contributed by atoms with van der Waals surface area (Å²) in [6, 6.07) is 4.03. The van der Waals surface area contributed by atoms with Crippen molar-refractivity contribution < 1.29 is 14.6 Å². The van der Waals surface area contributed by atoms with E-state index in [0.29, 0.717) is 5.92 Å². The molecule has 2 atom stereocenters. The first kappa shape index (κ1) is 14.0. The Morgan fingerprint density at radius 3 is 2.79 bits per heavy atom. The average molecular weight is 347 g/mol. The van der Waals surface area contributed by atoms with Crippen molar-refractivity contribution in [2.75, 3.05) is 19.8 Å². The van der Waals surface area contributed by atoms with Gasteiger partial charge in [-0.3, -0.25) is 0 Å². The van der Waals surface area contributed by atoms with Gasteiger partial charge < -0.3 is 14.6 Å². The van der Waals surface area contributed by atoms with Crippen LogP contribution in [0.1, 0.15) is 36.7 Å². The smallest absolute Gasteiger partial charge is 0.0912 e. The van der Waals surface area contributed by atoms with E-state index >= 15 is 0 Å². The van der Waals surface area contributed by atoms with E-state index in [1.165, 1.54) is 0 Å². The lowest BCUT2D eigenvalue weighted by molar-refractivity contribution is -0.158. The van der Waals surface area contributed by atoms with E-state index in [2.05, 4.69) is 15.9 Å². The molecular formula is C14H19BrO3S. The Hall–Kier alpha value is 0.0600. The van der Waals surface area contributed by atoms with Crippen LogP contribution in [0.15, 0.2) is 15.9 Å². The highest BCUT2D eigenvalue weighted by molar-refractivity contribution is 9.11. The van der Waals surface area contributed by atoms with E-state index in [1.807, 2.05) is 12.1 Å². The Bertz CT molecular complexity index is 423. The molecule has 0 aromatic carbocycles. The van der Waals surface area contributed by atoms with Gasteiger partial charge in [-0.05, 0) is 59.7 Å². The fraction of sp³-hybridized carbons (Fsp3) is 0.714. The van der Waals surface area contributed by atoms with E-state index in [-0.39, 0.29) is 11.7 Å². The third kappa shape index (κ3) is 3.05. The van der Waals surface area contributed by atoms with Crippen LogP contribution in [-0.2, 0) is 9.47 Å². The molecule has 0 saturated carbocycles. The number of halogens is 1. The second kappa shape index (κ2) is 5.82. The Morgan fingerprint density at radius 1 is 1.32 bits per heavy atom. The average Bonchev–Trinajstić information content (AvgIpc) is 2.85. The lowest BCUT2D eigenvalue weighted by Gasteiger charge is -2.44. The van der Waals surface area contributed by atoms with Crippen LogP contribution in [0.4, 0.5) is 0 Å². The van der Waals surface area contributed by atoms with Gasteiger partial charge >= 0.3 is 0 Å². The van der Waals surface area contributed by atoms with Gasteiger partial charge in [-0.1, -0.05) is 0 Å². The van der Waals surface area contributed by atoms with Crippen molar-refractivity contribution in [2.45, 2.75) is 37.4 Å². The molecule has 2 aliphatic rings. The second-order valence-electron chi connectivity index (χ2n) is 5.48. The molecule has 1 aromatic rings. The first-order valence-corrected chi connectivity index (χ1v) is 8.44. The fourth-order valence-corrected chi connectivity index (χ4v) is 4.65. The molecule has 1 spiro atoms. The van der Waals surface area contributed by atoms with Gasteiger partial charge in [0, 0.05) is 24.7 Å². The lowest BCUT2D eigenvalue weighted by atomic mass is 9.78. The summed E-state index contributed by atoms with van der Waals surface area (Å²) in [5, 5.41) is 10.6. The first-order valence-electron chi connectivity index (χ1n) is 6.84. The van der Waals surface area contributed by atoms with E-state index in [0.717, 1.165) is 54.2 Å². The summed E-state index contributed by atoms with van der Waals surface area (Å²) >= 11 is 5.09. The molecule has 2 unspecified atom stereocenters. The number of ether oxygens (including phenoxy) is 2. The summed E-state index contributed by atoms with van der Waals surface area (Å²) in [6.45, 7) is 2.33. The molecule has 0 amide bonds. The highest BCUT2D eigenvalue weighted by Crippen LogP contribution is 2.43. The minimum atomic E-state index is -0.361. The number of hydrogen-bond donors (Lipinski definition) is 1. The molecule has 3 rings (SSSR count). The highest BCUT2D eigenvalue weighted by Gasteiger charge is 2.41. The van der Waals surface area contributed by atoms with Gasteiger partial charge in [-0.25, -0.2) is 0 Å². The Balaban J connectivity index is 1.70. The van der Waals surface area contributed by atoms with Crippen molar-refractivity contribution >= 4 is 27.3 Å². The second-order valence-corrected chi connectivity index (χ2v) is 7.98. The number of aliphatic hydroxyl groups is 1. The van der Waals surface area contributed by atoms with Crippen LogP contribution < -0.4 is 0 Å². The number of hydrogen-bond acceptors (Lipinski definition) is 4. The number of rotatable bonds is 2. The van der Waals surface area contributed by atoms with Crippen LogP contribution in [0.2, 0.25) is 0 Å². The molecule has 0 bridgehead atoms. The third-order valence-electron chi connectivity index (χ3n) is 4.27. The molecule has 3 heterocycles. The van der Waals surface area contributed by atoms with Crippen molar-refractivity contribution in [1.82, 2.24) is 0 Å². The topological polar surface area (TPSA) is 38.7 Å². The molecule has 0 aliphatic carbocycles. The fourth-order valence-electron chi connectivity index (χ4n) is 3.15. The van der Waals surface area contributed by atoms with Gasteiger partial charge in [0.15, 0.2) is 0 Å². The van der Waals surface area contributed by atoms with Crippen LogP contribution in [0.3, 0.4) is 0 Å². The lowest BCUT2D eigenvalue weighted by Crippen LogP contribution is -2.45.